The summed E-state index contributed by atoms with van der Waals surface area (Å²) in [7, 11) is -2.17. The molecule has 0 atom stereocenters. The van der Waals surface area contributed by atoms with Gasteiger partial charge in [0.05, 0.1) is 17.7 Å². The number of halogens is 1. The van der Waals surface area contributed by atoms with Gasteiger partial charge in [-0.1, -0.05) is 17.7 Å². The fraction of sp³-hybridized carbons (Fsp3) is 0.143. The number of nitrogens with one attached hydrogen (secondary N) is 1. The molecule has 0 saturated heterocycles. The van der Waals surface area contributed by atoms with E-state index in [9.17, 15) is 8.42 Å². The second-order valence-electron chi connectivity index (χ2n) is 4.24. The van der Waals surface area contributed by atoms with Crippen LogP contribution in [0.25, 0.3) is 0 Å². The molecule has 2 rings (SSSR count). The lowest BCUT2D eigenvalue weighted by Crippen LogP contribution is -2.13. The molecule has 1 N–H and O–H groups in total. The summed E-state index contributed by atoms with van der Waals surface area (Å²) in [6.07, 6.45) is 0. The molecule has 0 aliphatic carbocycles. The summed E-state index contributed by atoms with van der Waals surface area (Å²) in [4.78, 5) is 0.145. The second-order valence-corrected chi connectivity index (χ2v) is 6.36. The van der Waals surface area contributed by atoms with Gasteiger partial charge >= 0.3 is 0 Å². The minimum Gasteiger partial charge on any atom is -0.497 e. The monoisotopic (exact) mass is 311 g/mol. The van der Waals surface area contributed by atoms with E-state index < -0.39 is 10.0 Å². The van der Waals surface area contributed by atoms with Gasteiger partial charge in [0.1, 0.15) is 5.75 Å². The molecule has 4 nitrogen and oxygen atoms in total. The van der Waals surface area contributed by atoms with Crippen LogP contribution in [0.4, 0.5) is 5.69 Å². The molecule has 0 aliphatic rings. The van der Waals surface area contributed by atoms with E-state index >= 15 is 0 Å². The molecule has 0 aromatic heterocycles. The van der Waals surface area contributed by atoms with Crippen molar-refractivity contribution >= 4 is 27.3 Å². The van der Waals surface area contributed by atoms with Crippen LogP contribution in [0, 0.1) is 6.92 Å². The fourth-order valence-corrected chi connectivity index (χ4v) is 3.11. The Balaban J connectivity index is 2.35. The van der Waals surface area contributed by atoms with Crippen molar-refractivity contribution < 1.29 is 13.2 Å². The number of sulfonamides is 1. The number of anilines is 1. The molecule has 0 fully saturated rings. The van der Waals surface area contributed by atoms with E-state index in [2.05, 4.69) is 4.72 Å². The number of rotatable bonds is 4. The fourth-order valence-electron chi connectivity index (χ4n) is 1.71. The van der Waals surface area contributed by atoms with Crippen LogP contribution in [0.3, 0.4) is 0 Å². The van der Waals surface area contributed by atoms with Crippen molar-refractivity contribution in [2.45, 2.75) is 11.8 Å². The van der Waals surface area contributed by atoms with Gasteiger partial charge in [0, 0.05) is 11.1 Å². The summed E-state index contributed by atoms with van der Waals surface area (Å²) in [6, 6.07) is 11.3. The Morgan fingerprint density at radius 1 is 1.15 bits per heavy atom. The van der Waals surface area contributed by atoms with E-state index in [1.165, 1.54) is 19.2 Å². The van der Waals surface area contributed by atoms with Crippen LogP contribution in [0.15, 0.2) is 47.4 Å². The van der Waals surface area contributed by atoms with E-state index in [-0.39, 0.29) is 4.90 Å². The number of aryl methyl sites for hydroxylation is 1. The highest BCUT2D eigenvalue weighted by molar-refractivity contribution is 7.92. The maximum atomic E-state index is 12.3. The van der Waals surface area contributed by atoms with Crippen molar-refractivity contribution in [2.24, 2.45) is 0 Å². The summed E-state index contributed by atoms with van der Waals surface area (Å²) in [5.41, 5.74) is 1.25. The topological polar surface area (TPSA) is 55.4 Å². The molecule has 0 unspecified atom stereocenters. The Morgan fingerprint density at radius 3 is 2.55 bits per heavy atom. The van der Waals surface area contributed by atoms with Gasteiger partial charge in [0.15, 0.2) is 0 Å². The SMILES string of the molecule is COc1cccc(S(=O)(=O)Nc2ccc(Cl)cc2C)c1. The van der Waals surface area contributed by atoms with E-state index in [1.54, 1.807) is 37.3 Å². The largest absolute Gasteiger partial charge is 0.497 e. The summed E-state index contributed by atoms with van der Waals surface area (Å²) in [6.45, 7) is 1.79. The average Bonchev–Trinajstić information content (AvgIpc) is 2.42. The first kappa shape index (κ1) is 14.7. The number of hydrogen-bond donors (Lipinski definition) is 1. The van der Waals surface area contributed by atoms with Gasteiger partial charge in [-0.05, 0) is 42.8 Å². The molecule has 0 spiro atoms. The van der Waals surface area contributed by atoms with Crippen LogP contribution < -0.4 is 9.46 Å². The lowest BCUT2D eigenvalue weighted by Gasteiger charge is -2.11. The van der Waals surface area contributed by atoms with Crippen LogP contribution in [0.5, 0.6) is 5.75 Å². The van der Waals surface area contributed by atoms with Gasteiger partial charge in [-0.25, -0.2) is 8.42 Å². The lowest BCUT2D eigenvalue weighted by atomic mass is 10.2. The van der Waals surface area contributed by atoms with E-state index in [0.717, 1.165) is 5.56 Å². The van der Waals surface area contributed by atoms with Crippen LogP contribution in [0.2, 0.25) is 5.02 Å². The molecule has 2 aromatic carbocycles. The maximum absolute atomic E-state index is 12.3. The van der Waals surface area contributed by atoms with Crippen molar-refractivity contribution in [3.05, 3.63) is 53.1 Å². The van der Waals surface area contributed by atoms with Gasteiger partial charge in [0.25, 0.3) is 10.0 Å². The number of methoxy groups -OCH3 is 1. The number of benzene rings is 2. The predicted octanol–water partition coefficient (Wildman–Crippen LogP) is 3.46. The van der Waals surface area contributed by atoms with Gasteiger partial charge in [-0.2, -0.15) is 0 Å². The molecule has 106 valence electrons. The van der Waals surface area contributed by atoms with Gasteiger partial charge in [-0.3, -0.25) is 4.72 Å². The molecule has 0 amide bonds. The third-order valence-electron chi connectivity index (χ3n) is 2.78. The highest BCUT2D eigenvalue weighted by atomic mass is 35.5. The summed E-state index contributed by atoms with van der Waals surface area (Å²) < 4.78 is 32.2. The molecule has 0 bridgehead atoms. The molecule has 0 radical (unpaired) electrons. The first-order valence-corrected chi connectivity index (χ1v) is 7.71. The molecule has 6 heteroatoms. The van der Waals surface area contributed by atoms with Crippen molar-refractivity contribution in [2.75, 3.05) is 11.8 Å². The lowest BCUT2D eigenvalue weighted by molar-refractivity contribution is 0.413. The van der Waals surface area contributed by atoms with E-state index in [0.29, 0.717) is 16.5 Å². The Kier molecular flexibility index (Phi) is 4.20. The Bertz CT molecular complexity index is 729. The van der Waals surface area contributed by atoms with Crippen molar-refractivity contribution in [3.63, 3.8) is 0 Å². The third-order valence-corrected chi connectivity index (χ3v) is 4.38. The third kappa shape index (κ3) is 3.23. The number of ether oxygens (including phenoxy) is 1. The van der Waals surface area contributed by atoms with E-state index in [4.69, 9.17) is 16.3 Å². The Hall–Kier alpha value is -1.72. The van der Waals surface area contributed by atoms with Crippen LogP contribution >= 0.6 is 11.6 Å². The minimum absolute atomic E-state index is 0.145. The smallest absolute Gasteiger partial charge is 0.262 e. The van der Waals surface area contributed by atoms with Crippen molar-refractivity contribution in [3.8, 4) is 5.75 Å². The van der Waals surface area contributed by atoms with Crippen LogP contribution in [-0.4, -0.2) is 15.5 Å². The molecular weight excluding hydrogens is 298 g/mol. The summed E-state index contributed by atoms with van der Waals surface area (Å²) >= 11 is 5.85. The minimum atomic E-state index is -3.65. The highest BCUT2D eigenvalue weighted by Crippen LogP contribution is 2.24. The zero-order chi connectivity index (χ0) is 14.8. The maximum Gasteiger partial charge on any atom is 0.262 e. The first-order chi connectivity index (χ1) is 9.42. The standard InChI is InChI=1S/C14H14ClNO3S/c1-10-8-11(15)6-7-14(10)16-20(17,18)13-5-3-4-12(9-13)19-2/h3-9,16H,1-2H3. The van der Waals surface area contributed by atoms with Gasteiger partial charge < -0.3 is 4.74 Å². The van der Waals surface area contributed by atoms with Gasteiger partial charge in [0.2, 0.25) is 0 Å². The zero-order valence-corrected chi connectivity index (χ0v) is 12.6. The molecule has 0 heterocycles. The summed E-state index contributed by atoms with van der Waals surface area (Å²) in [5, 5.41) is 0.562. The first-order valence-electron chi connectivity index (χ1n) is 5.85. The molecule has 0 saturated carbocycles. The number of hydrogen-bond acceptors (Lipinski definition) is 3. The van der Waals surface area contributed by atoms with Crippen LogP contribution in [0.1, 0.15) is 5.56 Å². The Morgan fingerprint density at radius 2 is 1.90 bits per heavy atom. The quantitative estimate of drug-likeness (QED) is 0.940. The van der Waals surface area contributed by atoms with Crippen LogP contribution in [-0.2, 0) is 10.0 Å². The zero-order valence-electron chi connectivity index (χ0n) is 11.1. The second kappa shape index (κ2) is 5.73. The molecule has 20 heavy (non-hydrogen) atoms. The highest BCUT2D eigenvalue weighted by Gasteiger charge is 2.16. The molecular formula is C14H14ClNO3S. The summed E-state index contributed by atoms with van der Waals surface area (Å²) in [5.74, 6) is 0.487. The van der Waals surface area contributed by atoms with Gasteiger partial charge in [-0.15, -0.1) is 0 Å². The average molecular weight is 312 g/mol. The normalized spacial score (nSPS) is 11.2. The Labute approximate surface area is 123 Å². The predicted molar refractivity (Wildman–Crippen MR) is 80.0 cm³/mol. The van der Waals surface area contributed by atoms with E-state index in [1.807, 2.05) is 0 Å². The van der Waals surface area contributed by atoms with Crippen molar-refractivity contribution in [1.82, 2.24) is 0 Å². The molecule has 0 aliphatic heterocycles. The molecule has 2 aromatic rings. The van der Waals surface area contributed by atoms with Crippen molar-refractivity contribution in [1.29, 1.82) is 0 Å².